The van der Waals surface area contributed by atoms with Crippen molar-refractivity contribution < 1.29 is 5.11 Å². The maximum Gasteiger partial charge on any atom is 0.0577 e. The van der Waals surface area contributed by atoms with Gasteiger partial charge >= 0.3 is 0 Å². The lowest BCUT2D eigenvalue weighted by Gasteiger charge is -2.58. The Morgan fingerprint density at radius 1 is 1.03 bits per heavy atom. The Morgan fingerprint density at radius 2 is 1.80 bits per heavy atom. The fraction of sp³-hybridized carbons (Fsp3) is 0.862. The second-order valence-electron chi connectivity index (χ2n) is 12.4. The summed E-state index contributed by atoms with van der Waals surface area (Å²) in [5.74, 6) is 5.70. The lowest BCUT2D eigenvalue weighted by atomic mass is 9.47. The molecular formula is C29H48O. The summed E-state index contributed by atoms with van der Waals surface area (Å²) in [6.45, 7) is 14.8. The number of allylic oxidation sites excluding steroid dienone is 3. The van der Waals surface area contributed by atoms with E-state index in [1.807, 2.05) is 0 Å². The third-order valence-electron chi connectivity index (χ3n) is 10.8. The Bertz CT molecular complexity index is 674. The molecule has 0 spiro atoms. The van der Waals surface area contributed by atoms with Crippen molar-refractivity contribution in [2.24, 2.45) is 52.3 Å². The second-order valence-corrected chi connectivity index (χ2v) is 12.4. The molecule has 0 aliphatic heterocycles. The molecule has 1 N–H and O–H groups in total. The highest BCUT2D eigenvalue weighted by Crippen LogP contribution is 2.67. The SMILES string of the molecule is CC[C@H](C=C[C@@H](C)[C@H]1CCC2[C@@H]3CC=C4C[C@@H](O)CC[C@]4(C)[C@@H]3CC[C@@]21C)C(C)C. The molecule has 0 aromatic rings. The van der Waals surface area contributed by atoms with Crippen molar-refractivity contribution in [3.05, 3.63) is 23.8 Å². The van der Waals surface area contributed by atoms with Crippen LogP contribution in [0.5, 0.6) is 0 Å². The van der Waals surface area contributed by atoms with E-state index in [0.29, 0.717) is 16.7 Å². The first kappa shape index (κ1) is 22.6. The van der Waals surface area contributed by atoms with Crippen LogP contribution in [0.4, 0.5) is 0 Å². The Kier molecular flexibility index (Phi) is 6.35. The summed E-state index contributed by atoms with van der Waals surface area (Å²) in [6.07, 6.45) is 19.1. The van der Waals surface area contributed by atoms with E-state index in [-0.39, 0.29) is 6.10 Å². The van der Waals surface area contributed by atoms with Crippen LogP contribution in [0.3, 0.4) is 0 Å². The second kappa shape index (κ2) is 8.42. The van der Waals surface area contributed by atoms with Gasteiger partial charge in [0.05, 0.1) is 6.10 Å². The highest BCUT2D eigenvalue weighted by molar-refractivity contribution is 5.25. The molecule has 0 radical (unpaired) electrons. The molecule has 1 nitrogen and oxygen atoms in total. The van der Waals surface area contributed by atoms with Crippen LogP contribution < -0.4 is 0 Å². The van der Waals surface area contributed by atoms with Crippen LogP contribution in [0.25, 0.3) is 0 Å². The summed E-state index contributed by atoms with van der Waals surface area (Å²) in [4.78, 5) is 0. The van der Waals surface area contributed by atoms with Gasteiger partial charge in [-0.25, -0.2) is 0 Å². The predicted octanol–water partition coefficient (Wildman–Crippen LogP) is 7.80. The standard InChI is InChI=1S/C29H48O/c1-7-21(19(2)3)9-8-20(4)25-12-13-26-24-11-10-22-18-23(30)14-16-28(22,5)27(24)15-17-29(25,26)6/h8-10,19-21,23-27,30H,7,11-18H2,1-6H3/t20-,21-,23+,24+,25-,26?,27-,28+,29-/m1/s1. The molecule has 3 fully saturated rings. The Hall–Kier alpha value is -0.560. The van der Waals surface area contributed by atoms with Crippen molar-refractivity contribution in [1.29, 1.82) is 0 Å². The minimum Gasteiger partial charge on any atom is -0.393 e. The van der Waals surface area contributed by atoms with E-state index in [4.69, 9.17) is 0 Å². The fourth-order valence-electron chi connectivity index (χ4n) is 8.83. The van der Waals surface area contributed by atoms with Gasteiger partial charge in [0.15, 0.2) is 0 Å². The summed E-state index contributed by atoms with van der Waals surface area (Å²) in [5, 5.41) is 10.2. The van der Waals surface area contributed by atoms with Crippen LogP contribution in [-0.4, -0.2) is 11.2 Å². The lowest BCUT2D eigenvalue weighted by Crippen LogP contribution is -2.50. The molecule has 3 saturated carbocycles. The lowest BCUT2D eigenvalue weighted by molar-refractivity contribution is -0.0540. The van der Waals surface area contributed by atoms with Crippen molar-refractivity contribution in [3.63, 3.8) is 0 Å². The van der Waals surface area contributed by atoms with E-state index >= 15 is 0 Å². The van der Waals surface area contributed by atoms with Gasteiger partial charge in [-0.05, 0) is 110 Å². The van der Waals surface area contributed by atoms with Crippen LogP contribution in [0.2, 0.25) is 0 Å². The average molecular weight is 413 g/mol. The highest BCUT2D eigenvalue weighted by Gasteiger charge is 2.58. The van der Waals surface area contributed by atoms with E-state index in [9.17, 15) is 5.11 Å². The Morgan fingerprint density at radius 3 is 2.50 bits per heavy atom. The quantitative estimate of drug-likeness (QED) is 0.457. The molecule has 170 valence electrons. The van der Waals surface area contributed by atoms with Crippen molar-refractivity contribution >= 4 is 0 Å². The van der Waals surface area contributed by atoms with Crippen molar-refractivity contribution in [3.8, 4) is 0 Å². The van der Waals surface area contributed by atoms with Gasteiger partial charge in [-0.15, -0.1) is 0 Å². The molecular weight excluding hydrogens is 364 g/mol. The normalized spacial score (nSPS) is 45.6. The molecule has 4 aliphatic rings. The third-order valence-corrected chi connectivity index (χ3v) is 10.8. The molecule has 30 heavy (non-hydrogen) atoms. The van der Waals surface area contributed by atoms with E-state index in [1.54, 1.807) is 5.57 Å². The maximum atomic E-state index is 10.2. The zero-order valence-electron chi connectivity index (χ0n) is 20.7. The molecule has 0 heterocycles. The first-order valence-corrected chi connectivity index (χ1v) is 13.3. The van der Waals surface area contributed by atoms with Gasteiger partial charge in [0.25, 0.3) is 0 Å². The van der Waals surface area contributed by atoms with Gasteiger partial charge in [0, 0.05) is 0 Å². The Labute approximate surface area is 186 Å². The van der Waals surface area contributed by atoms with Gasteiger partial charge < -0.3 is 5.11 Å². The summed E-state index contributed by atoms with van der Waals surface area (Å²) in [6, 6.07) is 0. The van der Waals surface area contributed by atoms with Crippen LogP contribution in [-0.2, 0) is 0 Å². The topological polar surface area (TPSA) is 20.2 Å². The molecule has 4 rings (SSSR count). The van der Waals surface area contributed by atoms with Crippen molar-refractivity contribution in [1.82, 2.24) is 0 Å². The fourth-order valence-corrected chi connectivity index (χ4v) is 8.83. The molecule has 0 bridgehead atoms. The number of hydrogen-bond donors (Lipinski definition) is 1. The van der Waals surface area contributed by atoms with Crippen molar-refractivity contribution in [2.75, 3.05) is 0 Å². The van der Waals surface area contributed by atoms with E-state index in [0.717, 1.165) is 48.3 Å². The third kappa shape index (κ3) is 3.66. The monoisotopic (exact) mass is 412 g/mol. The highest BCUT2D eigenvalue weighted by atomic mass is 16.3. The van der Waals surface area contributed by atoms with Gasteiger partial charge in [-0.2, -0.15) is 0 Å². The van der Waals surface area contributed by atoms with Gasteiger partial charge in [-0.3, -0.25) is 0 Å². The first-order valence-electron chi connectivity index (χ1n) is 13.3. The Balaban J connectivity index is 1.52. The summed E-state index contributed by atoms with van der Waals surface area (Å²) in [7, 11) is 0. The molecule has 0 amide bonds. The van der Waals surface area contributed by atoms with Crippen LogP contribution in [0.1, 0.15) is 99.3 Å². The van der Waals surface area contributed by atoms with Gasteiger partial charge in [0.2, 0.25) is 0 Å². The maximum absolute atomic E-state index is 10.2. The molecule has 1 heteroatoms. The van der Waals surface area contributed by atoms with Gasteiger partial charge in [0.1, 0.15) is 0 Å². The summed E-state index contributed by atoms with van der Waals surface area (Å²) < 4.78 is 0. The van der Waals surface area contributed by atoms with Crippen LogP contribution in [0.15, 0.2) is 23.8 Å². The molecule has 4 aliphatic carbocycles. The molecule has 0 aromatic heterocycles. The largest absolute Gasteiger partial charge is 0.393 e. The summed E-state index contributed by atoms with van der Waals surface area (Å²) in [5.41, 5.74) is 2.51. The average Bonchev–Trinajstić information content (AvgIpc) is 3.06. The first-order chi connectivity index (χ1) is 14.2. The van der Waals surface area contributed by atoms with Gasteiger partial charge in [-0.1, -0.05) is 65.3 Å². The van der Waals surface area contributed by atoms with E-state index in [1.165, 1.54) is 44.9 Å². The van der Waals surface area contributed by atoms with E-state index in [2.05, 4.69) is 59.8 Å². The predicted molar refractivity (Wildman–Crippen MR) is 128 cm³/mol. The molecule has 0 saturated heterocycles. The molecule has 1 unspecified atom stereocenters. The molecule has 9 atom stereocenters. The minimum absolute atomic E-state index is 0.0870. The minimum atomic E-state index is -0.0870. The van der Waals surface area contributed by atoms with Crippen molar-refractivity contribution in [2.45, 2.75) is 105 Å². The number of fused-ring (bicyclic) bond motifs is 5. The number of aliphatic hydroxyl groups is 1. The number of rotatable bonds is 5. The van der Waals surface area contributed by atoms with Crippen LogP contribution >= 0.6 is 0 Å². The number of hydrogen-bond acceptors (Lipinski definition) is 1. The van der Waals surface area contributed by atoms with E-state index < -0.39 is 0 Å². The zero-order chi connectivity index (χ0) is 21.7. The molecule has 0 aromatic carbocycles. The smallest absolute Gasteiger partial charge is 0.0577 e. The number of aliphatic hydroxyl groups excluding tert-OH is 1. The van der Waals surface area contributed by atoms with Crippen LogP contribution in [0, 0.1) is 52.3 Å². The zero-order valence-corrected chi connectivity index (χ0v) is 20.7. The summed E-state index contributed by atoms with van der Waals surface area (Å²) >= 11 is 0.